The lowest BCUT2D eigenvalue weighted by molar-refractivity contribution is 0.0492. The summed E-state index contributed by atoms with van der Waals surface area (Å²) < 4.78 is 5.97. The van der Waals surface area contributed by atoms with Crippen molar-refractivity contribution in [3.8, 4) is 11.8 Å². The summed E-state index contributed by atoms with van der Waals surface area (Å²) in [5.74, 6) is 0.818. The van der Waals surface area contributed by atoms with Crippen LogP contribution < -0.4 is 10.1 Å². The molecule has 0 saturated heterocycles. The van der Waals surface area contributed by atoms with Crippen LogP contribution in [0.25, 0.3) is 0 Å². The van der Waals surface area contributed by atoms with Crippen LogP contribution in [0.3, 0.4) is 0 Å². The van der Waals surface area contributed by atoms with Gasteiger partial charge in [0.2, 0.25) is 0 Å². The number of hydrogen-bond acceptors (Lipinski definition) is 3. The molecular weight excluding hydrogens is 224 g/mol. The van der Waals surface area contributed by atoms with Crippen molar-refractivity contribution >= 4 is 0 Å². The van der Waals surface area contributed by atoms with E-state index in [9.17, 15) is 5.26 Å². The van der Waals surface area contributed by atoms with Gasteiger partial charge in [-0.15, -0.1) is 0 Å². The number of nitriles is 1. The monoisotopic (exact) mass is 244 g/mol. The van der Waals surface area contributed by atoms with Crippen LogP contribution in [0.15, 0.2) is 24.3 Å². The molecule has 1 unspecified atom stereocenters. The van der Waals surface area contributed by atoms with Gasteiger partial charge >= 0.3 is 0 Å². The molecule has 18 heavy (non-hydrogen) atoms. The maximum absolute atomic E-state index is 9.68. The number of nitrogens with one attached hydrogen (secondary N) is 1. The molecule has 0 bridgehead atoms. The Hall–Kier alpha value is -1.53. The van der Waals surface area contributed by atoms with E-state index in [-0.39, 0.29) is 5.60 Å². The second kappa shape index (κ2) is 4.62. The van der Waals surface area contributed by atoms with Crippen LogP contribution in [-0.2, 0) is 5.54 Å². The van der Waals surface area contributed by atoms with E-state index >= 15 is 0 Å². The minimum absolute atomic E-state index is 0.329. The quantitative estimate of drug-likeness (QED) is 0.889. The van der Waals surface area contributed by atoms with Gasteiger partial charge in [-0.05, 0) is 32.9 Å². The average Bonchev–Trinajstić information content (AvgIpc) is 2.34. The summed E-state index contributed by atoms with van der Waals surface area (Å²) in [5, 5.41) is 13.1. The third-order valence-corrected chi connectivity index (χ3v) is 3.29. The van der Waals surface area contributed by atoms with Gasteiger partial charge in [-0.25, -0.2) is 0 Å². The fourth-order valence-electron chi connectivity index (χ4n) is 2.61. The van der Waals surface area contributed by atoms with Gasteiger partial charge in [0.25, 0.3) is 0 Å². The van der Waals surface area contributed by atoms with Gasteiger partial charge in [-0.3, -0.25) is 5.32 Å². The van der Waals surface area contributed by atoms with Crippen LogP contribution in [0.2, 0.25) is 0 Å². The molecule has 3 nitrogen and oxygen atoms in total. The number of nitrogens with zero attached hydrogens (tertiary/aromatic N) is 1. The van der Waals surface area contributed by atoms with Crippen molar-refractivity contribution in [2.24, 2.45) is 0 Å². The number of para-hydroxylation sites is 1. The molecule has 0 aliphatic carbocycles. The normalized spacial score (nSPS) is 24.8. The van der Waals surface area contributed by atoms with Crippen molar-refractivity contribution in [3.05, 3.63) is 29.8 Å². The zero-order valence-corrected chi connectivity index (χ0v) is 11.3. The molecule has 1 aliphatic rings. The van der Waals surface area contributed by atoms with Gasteiger partial charge in [0.15, 0.2) is 0 Å². The van der Waals surface area contributed by atoms with Crippen molar-refractivity contribution in [2.75, 3.05) is 6.54 Å². The van der Waals surface area contributed by atoms with Crippen LogP contribution in [0.4, 0.5) is 0 Å². The average molecular weight is 244 g/mol. The molecule has 1 heterocycles. The zero-order chi connectivity index (χ0) is 13.2. The highest BCUT2D eigenvalue weighted by molar-refractivity contribution is 5.46. The van der Waals surface area contributed by atoms with Crippen LogP contribution in [0, 0.1) is 11.3 Å². The molecule has 1 aliphatic heterocycles. The summed E-state index contributed by atoms with van der Waals surface area (Å²) in [4.78, 5) is 0. The van der Waals surface area contributed by atoms with E-state index in [0.29, 0.717) is 6.42 Å². The van der Waals surface area contributed by atoms with Gasteiger partial charge < -0.3 is 4.74 Å². The molecule has 1 N–H and O–H groups in total. The zero-order valence-electron chi connectivity index (χ0n) is 11.3. The Bertz CT molecular complexity index is 476. The summed E-state index contributed by atoms with van der Waals surface area (Å²) in [6.45, 7) is 7.00. The second-order valence-electron chi connectivity index (χ2n) is 5.48. The minimum Gasteiger partial charge on any atom is -0.487 e. The summed E-state index contributed by atoms with van der Waals surface area (Å²) in [6.07, 6.45) is 1.67. The Morgan fingerprint density at radius 1 is 1.39 bits per heavy atom. The van der Waals surface area contributed by atoms with Gasteiger partial charge in [-0.1, -0.05) is 25.1 Å². The first-order chi connectivity index (χ1) is 8.53. The highest BCUT2D eigenvalue weighted by Gasteiger charge is 2.45. The van der Waals surface area contributed by atoms with E-state index in [1.807, 2.05) is 38.1 Å². The summed E-state index contributed by atoms with van der Waals surface area (Å²) >= 11 is 0. The first-order valence-electron chi connectivity index (χ1n) is 6.48. The van der Waals surface area contributed by atoms with Crippen LogP contribution in [-0.4, -0.2) is 12.1 Å². The molecule has 96 valence electrons. The molecule has 1 aromatic rings. The van der Waals surface area contributed by atoms with E-state index in [1.54, 1.807) is 0 Å². The smallest absolute Gasteiger partial charge is 0.139 e. The highest BCUT2D eigenvalue weighted by atomic mass is 16.5. The fraction of sp³-hybridized carbons (Fsp3) is 0.533. The van der Waals surface area contributed by atoms with Crippen molar-refractivity contribution < 1.29 is 4.74 Å². The highest BCUT2D eigenvalue weighted by Crippen LogP contribution is 2.42. The minimum atomic E-state index is -0.631. The predicted molar refractivity (Wildman–Crippen MR) is 71.4 cm³/mol. The largest absolute Gasteiger partial charge is 0.487 e. The Labute approximate surface area is 109 Å². The van der Waals surface area contributed by atoms with E-state index < -0.39 is 5.54 Å². The van der Waals surface area contributed by atoms with Gasteiger partial charge in [-0.2, -0.15) is 5.26 Å². The Kier molecular flexibility index (Phi) is 3.32. The lowest BCUT2D eigenvalue weighted by Crippen LogP contribution is -2.51. The van der Waals surface area contributed by atoms with Crippen molar-refractivity contribution in [1.82, 2.24) is 5.32 Å². The summed E-state index contributed by atoms with van der Waals surface area (Å²) in [7, 11) is 0. The van der Waals surface area contributed by atoms with Crippen LogP contribution in [0.1, 0.15) is 39.2 Å². The Morgan fingerprint density at radius 2 is 2.11 bits per heavy atom. The lowest BCUT2D eigenvalue weighted by atomic mass is 9.78. The van der Waals surface area contributed by atoms with Crippen molar-refractivity contribution in [2.45, 2.75) is 44.8 Å². The molecule has 3 heteroatoms. The maximum Gasteiger partial charge on any atom is 0.139 e. The number of fused-ring (bicyclic) bond motifs is 1. The van der Waals surface area contributed by atoms with E-state index in [2.05, 4.69) is 18.3 Å². The van der Waals surface area contributed by atoms with E-state index in [0.717, 1.165) is 24.3 Å². The van der Waals surface area contributed by atoms with E-state index in [1.165, 1.54) is 0 Å². The maximum atomic E-state index is 9.68. The molecule has 0 fully saturated rings. The molecule has 0 radical (unpaired) electrons. The van der Waals surface area contributed by atoms with Crippen molar-refractivity contribution in [3.63, 3.8) is 0 Å². The Balaban J connectivity index is 2.48. The van der Waals surface area contributed by atoms with Gasteiger partial charge in [0.05, 0.1) is 6.07 Å². The predicted octanol–water partition coefficient (Wildman–Crippen LogP) is 2.97. The molecule has 0 spiro atoms. The SMILES string of the molecule is CCCNC1(C#N)CC(C)(C)Oc2ccccc21. The molecule has 0 aromatic heterocycles. The molecule has 0 amide bonds. The number of benzene rings is 1. The fourth-order valence-corrected chi connectivity index (χ4v) is 2.61. The standard InChI is InChI=1S/C15H20N2O/c1-4-9-17-15(11-16)10-14(2,3)18-13-8-6-5-7-12(13)15/h5-8,17H,4,9-10H2,1-3H3. The van der Waals surface area contributed by atoms with Crippen LogP contribution >= 0.6 is 0 Å². The molecular formula is C15H20N2O. The first kappa shape index (κ1) is 12.9. The Morgan fingerprint density at radius 3 is 2.78 bits per heavy atom. The molecule has 2 rings (SSSR count). The molecule has 0 saturated carbocycles. The topological polar surface area (TPSA) is 45.0 Å². The molecule has 1 atom stereocenters. The van der Waals surface area contributed by atoms with E-state index in [4.69, 9.17) is 4.74 Å². The first-order valence-corrected chi connectivity index (χ1v) is 6.48. The molecule has 1 aromatic carbocycles. The van der Waals surface area contributed by atoms with Gasteiger partial charge in [0, 0.05) is 12.0 Å². The number of ether oxygens (including phenoxy) is 1. The van der Waals surface area contributed by atoms with Gasteiger partial charge in [0.1, 0.15) is 16.9 Å². The van der Waals surface area contributed by atoms with Crippen molar-refractivity contribution in [1.29, 1.82) is 5.26 Å². The summed E-state index contributed by atoms with van der Waals surface area (Å²) in [5.41, 5.74) is -0.000561. The third kappa shape index (κ3) is 2.21. The third-order valence-electron chi connectivity index (χ3n) is 3.29. The van der Waals surface area contributed by atoms with Crippen LogP contribution in [0.5, 0.6) is 5.75 Å². The number of rotatable bonds is 3. The second-order valence-corrected chi connectivity index (χ2v) is 5.48. The lowest BCUT2D eigenvalue weighted by Gasteiger charge is -2.42. The summed E-state index contributed by atoms with van der Waals surface area (Å²) in [6, 6.07) is 10.3. The number of hydrogen-bond donors (Lipinski definition) is 1.